The number of hydrogen-bond acceptors (Lipinski definition) is 3. The fraction of sp³-hybridized carbons (Fsp3) is 0.579. The second-order valence-corrected chi connectivity index (χ2v) is 7.31. The van der Waals surface area contributed by atoms with Crippen LogP contribution in [0.25, 0.3) is 0 Å². The Morgan fingerprint density at radius 2 is 2.08 bits per heavy atom. The van der Waals surface area contributed by atoms with Crippen molar-refractivity contribution < 1.29 is 9.63 Å². The Kier molecular flexibility index (Phi) is 5.07. The SMILES string of the molecule is Cc1ccc(C(N)=NOCC(=O)NC(C)C2CC3CCC2C3)cc1. The van der Waals surface area contributed by atoms with Gasteiger partial charge in [-0.3, -0.25) is 4.79 Å². The Labute approximate surface area is 143 Å². The quantitative estimate of drug-likeness (QED) is 0.478. The van der Waals surface area contributed by atoms with Crippen LogP contribution < -0.4 is 11.1 Å². The zero-order valence-electron chi connectivity index (χ0n) is 14.5. The molecule has 2 aliphatic carbocycles. The molecule has 5 nitrogen and oxygen atoms in total. The Morgan fingerprint density at radius 3 is 2.71 bits per heavy atom. The lowest BCUT2D eigenvalue weighted by Gasteiger charge is -2.28. The number of amides is 1. The molecule has 4 unspecified atom stereocenters. The van der Waals surface area contributed by atoms with Crippen molar-refractivity contribution in [3.63, 3.8) is 0 Å². The van der Waals surface area contributed by atoms with Crippen molar-refractivity contribution in [1.82, 2.24) is 5.32 Å². The number of fused-ring (bicyclic) bond motifs is 2. The number of oxime groups is 1. The predicted octanol–water partition coefficient (Wildman–Crippen LogP) is 2.57. The average molecular weight is 329 g/mol. The normalized spacial score (nSPS) is 27.1. The number of amidine groups is 1. The average Bonchev–Trinajstić information content (AvgIpc) is 3.18. The summed E-state index contributed by atoms with van der Waals surface area (Å²) in [5.74, 6) is 2.44. The van der Waals surface area contributed by atoms with Crippen LogP contribution in [0.1, 0.15) is 43.7 Å². The van der Waals surface area contributed by atoms with Gasteiger partial charge < -0.3 is 15.9 Å². The molecule has 1 aromatic carbocycles. The summed E-state index contributed by atoms with van der Waals surface area (Å²) in [6.45, 7) is 4.01. The summed E-state index contributed by atoms with van der Waals surface area (Å²) < 4.78 is 0. The van der Waals surface area contributed by atoms with Gasteiger partial charge in [0.2, 0.25) is 0 Å². The second kappa shape index (κ2) is 7.24. The molecule has 130 valence electrons. The Hall–Kier alpha value is -2.04. The number of rotatable bonds is 6. The third-order valence-electron chi connectivity index (χ3n) is 5.53. The molecule has 3 N–H and O–H groups in total. The van der Waals surface area contributed by atoms with E-state index in [1.54, 1.807) is 0 Å². The molecule has 3 rings (SSSR count). The van der Waals surface area contributed by atoms with Gasteiger partial charge in [0.05, 0.1) is 0 Å². The van der Waals surface area contributed by atoms with Gasteiger partial charge in [0.25, 0.3) is 5.91 Å². The standard InChI is InChI=1S/C19H27N3O2/c1-12-3-6-15(7-4-12)19(20)22-24-11-18(23)21-13(2)17-10-14-5-8-16(17)9-14/h3-4,6-7,13-14,16-17H,5,8-11H2,1-2H3,(H2,20,22)(H,21,23). The van der Waals surface area contributed by atoms with Crippen LogP contribution >= 0.6 is 0 Å². The van der Waals surface area contributed by atoms with Crippen LogP contribution in [0.2, 0.25) is 0 Å². The maximum Gasteiger partial charge on any atom is 0.260 e. The van der Waals surface area contributed by atoms with E-state index in [4.69, 9.17) is 10.6 Å². The Balaban J connectivity index is 1.43. The van der Waals surface area contributed by atoms with E-state index in [1.165, 1.54) is 25.7 Å². The number of nitrogens with two attached hydrogens (primary N) is 1. The van der Waals surface area contributed by atoms with Gasteiger partial charge in [-0.1, -0.05) is 41.4 Å². The van der Waals surface area contributed by atoms with Gasteiger partial charge in [-0.2, -0.15) is 0 Å². The van der Waals surface area contributed by atoms with E-state index in [0.29, 0.717) is 5.92 Å². The summed E-state index contributed by atoms with van der Waals surface area (Å²) in [6.07, 6.45) is 5.30. The van der Waals surface area contributed by atoms with E-state index >= 15 is 0 Å². The minimum absolute atomic E-state index is 0.0995. The molecular formula is C19H27N3O2. The van der Waals surface area contributed by atoms with Gasteiger partial charge in [-0.15, -0.1) is 0 Å². The van der Waals surface area contributed by atoms with Crippen LogP contribution in [0.5, 0.6) is 0 Å². The predicted molar refractivity (Wildman–Crippen MR) is 94.4 cm³/mol. The molecule has 0 radical (unpaired) electrons. The molecule has 24 heavy (non-hydrogen) atoms. The summed E-state index contributed by atoms with van der Waals surface area (Å²) in [6, 6.07) is 7.89. The number of carbonyl (C=O) groups excluding carboxylic acids is 1. The number of nitrogens with zero attached hydrogens (tertiary/aromatic N) is 1. The smallest absolute Gasteiger partial charge is 0.260 e. The first-order valence-corrected chi connectivity index (χ1v) is 8.84. The third kappa shape index (κ3) is 3.89. The maximum absolute atomic E-state index is 12.0. The van der Waals surface area contributed by atoms with E-state index in [2.05, 4.69) is 17.4 Å². The fourth-order valence-corrected chi connectivity index (χ4v) is 4.25. The van der Waals surface area contributed by atoms with Crippen molar-refractivity contribution >= 4 is 11.7 Å². The molecule has 1 aromatic rings. The maximum atomic E-state index is 12.0. The molecule has 2 saturated carbocycles. The van der Waals surface area contributed by atoms with Crippen molar-refractivity contribution in [2.24, 2.45) is 28.6 Å². The van der Waals surface area contributed by atoms with E-state index in [1.807, 2.05) is 31.2 Å². The van der Waals surface area contributed by atoms with Crippen molar-refractivity contribution in [1.29, 1.82) is 0 Å². The summed E-state index contributed by atoms with van der Waals surface area (Å²) in [5.41, 5.74) is 7.81. The molecule has 0 spiro atoms. The molecule has 0 saturated heterocycles. The number of nitrogens with one attached hydrogen (secondary N) is 1. The van der Waals surface area contributed by atoms with Gasteiger partial charge in [0.1, 0.15) is 0 Å². The number of hydrogen-bond donors (Lipinski definition) is 2. The largest absolute Gasteiger partial charge is 0.384 e. The molecule has 1 amide bonds. The number of benzene rings is 1. The fourth-order valence-electron chi connectivity index (χ4n) is 4.25. The molecule has 2 bridgehead atoms. The molecule has 2 aliphatic rings. The molecule has 4 atom stereocenters. The van der Waals surface area contributed by atoms with E-state index < -0.39 is 0 Å². The van der Waals surface area contributed by atoms with Crippen LogP contribution in [-0.4, -0.2) is 24.4 Å². The molecule has 5 heteroatoms. The summed E-state index contributed by atoms with van der Waals surface area (Å²) in [5, 5.41) is 6.89. The highest BCUT2D eigenvalue weighted by molar-refractivity contribution is 5.97. The molecule has 2 fully saturated rings. The first-order valence-electron chi connectivity index (χ1n) is 8.84. The minimum Gasteiger partial charge on any atom is -0.384 e. The van der Waals surface area contributed by atoms with Crippen LogP contribution in [0.4, 0.5) is 0 Å². The van der Waals surface area contributed by atoms with Crippen molar-refractivity contribution in [2.45, 2.75) is 45.6 Å². The summed E-state index contributed by atoms with van der Waals surface area (Å²) in [7, 11) is 0. The molecule has 0 aliphatic heterocycles. The van der Waals surface area contributed by atoms with Crippen LogP contribution in [0.3, 0.4) is 0 Å². The van der Waals surface area contributed by atoms with Crippen molar-refractivity contribution in [3.8, 4) is 0 Å². The van der Waals surface area contributed by atoms with Gasteiger partial charge in [0, 0.05) is 11.6 Å². The van der Waals surface area contributed by atoms with Crippen molar-refractivity contribution in [3.05, 3.63) is 35.4 Å². The summed E-state index contributed by atoms with van der Waals surface area (Å²) >= 11 is 0. The zero-order chi connectivity index (χ0) is 17.1. The summed E-state index contributed by atoms with van der Waals surface area (Å²) in [4.78, 5) is 17.2. The van der Waals surface area contributed by atoms with E-state index in [9.17, 15) is 4.79 Å². The minimum atomic E-state index is -0.134. The highest BCUT2D eigenvalue weighted by Gasteiger charge is 2.42. The highest BCUT2D eigenvalue weighted by Crippen LogP contribution is 2.49. The van der Waals surface area contributed by atoms with Crippen molar-refractivity contribution in [2.75, 3.05) is 6.61 Å². The first-order chi connectivity index (χ1) is 11.5. The van der Waals surface area contributed by atoms with Crippen LogP contribution in [0, 0.1) is 24.7 Å². The lowest BCUT2D eigenvalue weighted by molar-refractivity contribution is -0.126. The lowest BCUT2D eigenvalue weighted by atomic mass is 9.84. The number of carbonyl (C=O) groups is 1. The van der Waals surface area contributed by atoms with Gasteiger partial charge in [0.15, 0.2) is 12.4 Å². The molecule has 0 aromatic heterocycles. The number of aryl methyl sites for hydroxylation is 1. The third-order valence-corrected chi connectivity index (χ3v) is 5.53. The Bertz CT molecular complexity index is 612. The van der Waals surface area contributed by atoms with E-state index in [-0.39, 0.29) is 24.4 Å². The van der Waals surface area contributed by atoms with Crippen LogP contribution in [0.15, 0.2) is 29.4 Å². The van der Waals surface area contributed by atoms with E-state index in [0.717, 1.165) is 23.0 Å². The Morgan fingerprint density at radius 1 is 1.33 bits per heavy atom. The first kappa shape index (κ1) is 16.8. The topological polar surface area (TPSA) is 76.7 Å². The van der Waals surface area contributed by atoms with Crippen LogP contribution in [-0.2, 0) is 9.63 Å². The molecular weight excluding hydrogens is 302 g/mol. The van der Waals surface area contributed by atoms with Gasteiger partial charge in [-0.05, 0) is 50.9 Å². The second-order valence-electron chi connectivity index (χ2n) is 7.31. The molecule has 0 heterocycles. The zero-order valence-corrected chi connectivity index (χ0v) is 14.5. The van der Waals surface area contributed by atoms with Gasteiger partial charge >= 0.3 is 0 Å². The lowest BCUT2D eigenvalue weighted by Crippen LogP contribution is -2.41. The van der Waals surface area contributed by atoms with Gasteiger partial charge in [-0.25, -0.2) is 0 Å². The highest BCUT2D eigenvalue weighted by atomic mass is 16.6. The monoisotopic (exact) mass is 329 g/mol.